The smallest absolute Gasteiger partial charge is 0.119 e. The number of nitrogens with one attached hydrogen (secondary N) is 1. The van der Waals surface area contributed by atoms with E-state index in [2.05, 4.69) is 24.4 Å². The fourth-order valence-electron chi connectivity index (χ4n) is 2.39. The molecule has 0 aromatic heterocycles. The van der Waals surface area contributed by atoms with Crippen molar-refractivity contribution in [3.05, 3.63) is 29.8 Å². The summed E-state index contributed by atoms with van der Waals surface area (Å²) in [5.74, 6) is 0.897. The lowest BCUT2D eigenvalue weighted by Crippen LogP contribution is -2.47. The lowest BCUT2D eigenvalue weighted by molar-refractivity contribution is -0.101. The van der Waals surface area contributed by atoms with Crippen LogP contribution in [0.25, 0.3) is 0 Å². The minimum Gasteiger partial charge on any atom is -0.497 e. The van der Waals surface area contributed by atoms with Gasteiger partial charge in [-0.05, 0) is 30.7 Å². The Morgan fingerprint density at radius 2 is 2.32 bits per heavy atom. The first-order valence-corrected chi connectivity index (χ1v) is 6.89. The highest BCUT2D eigenvalue weighted by Crippen LogP contribution is 2.16. The molecule has 19 heavy (non-hydrogen) atoms. The monoisotopic (exact) mass is 265 g/mol. The SMILES string of the molecule is CCNC(Cc1cccc(OC)c1)C1COCCO1. The molecule has 0 spiro atoms. The Balaban J connectivity index is 2.01. The molecule has 0 radical (unpaired) electrons. The third-order valence-electron chi connectivity index (χ3n) is 3.35. The maximum absolute atomic E-state index is 5.80. The third-order valence-corrected chi connectivity index (χ3v) is 3.35. The zero-order valence-electron chi connectivity index (χ0n) is 11.7. The summed E-state index contributed by atoms with van der Waals surface area (Å²) in [5, 5.41) is 3.49. The molecule has 1 aromatic rings. The molecule has 1 saturated heterocycles. The van der Waals surface area contributed by atoms with Crippen molar-refractivity contribution in [3.8, 4) is 5.75 Å². The van der Waals surface area contributed by atoms with E-state index in [-0.39, 0.29) is 12.1 Å². The van der Waals surface area contributed by atoms with E-state index in [0.29, 0.717) is 19.8 Å². The summed E-state index contributed by atoms with van der Waals surface area (Å²) < 4.78 is 16.6. The van der Waals surface area contributed by atoms with Crippen LogP contribution in [0.5, 0.6) is 5.75 Å². The van der Waals surface area contributed by atoms with E-state index in [9.17, 15) is 0 Å². The molecule has 1 aliphatic rings. The summed E-state index contributed by atoms with van der Waals surface area (Å²) in [6, 6.07) is 8.46. The second kappa shape index (κ2) is 7.48. The van der Waals surface area contributed by atoms with E-state index in [4.69, 9.17) is 14.2 Å². The van der Waals surface area contributed by atoms with Gasteiger partial charge in [-0.25, -0.2) is 0 Å². The van der Waals surface area contributed by atoms with Crippen LogP contribution < -0.4 is 10.1 Å². The predicted octanol–water partition coefficient (Wildman–Crippen LogP) is 1.63. The van der Waals surface area contributed by atoms with Gasteiger partial charge in [-0.2, -0.15) is 0 Å². The Kier molecular flexibility index (Phi) is 5.63. The van der Waals surface area contributed by atoms with Crippen molar-refractivity contribution in [2.75, 3.05) is 33.5 Å². The molecule has 1 fully saturated rings. The summed E-state index contributed by atoms with van der Waals surface area (Å²) in [5.41, 5.74) is 1.25. The fourth-order valence-corrected chi connectivity index (χ4v) is 2.39. The van der Waals surface area contributed by atoms with Crippen LogP contribution in [0, 0.1) is 0 Å². The van der Waals surface area contributed by atoms with Gasteiger partial charge in [0.2, 0.25) is 0 Å². The first-order valence-electron chi connectivity index (χ1n) is 6.89. The first-order chi connectivity index (χ1) is 9.33. The summed E-state index contributed by atoms with van der Waals surface area (Å²) in [6.07, 6.45) is 1.04. The van der Waals surface area contributed by atoms with Gasteiger partial charge in [0.05, 0.1) is 33.0 Å². The lowest BCUT2D eigenvalue weighted by Gasteiger charge is -2.31. The predicted molar refractivity (Wildman–Crippen MR) is 74.7 cm³/mol. The largest absolute Gasteiger partial charge is 0.497 e. The summed E-state index contributed by atoms with van der Waals surface area (Å²) in [7, 11) is 1.69. The van der Waals surface area contributed by atoms with Gasteiger partial charge in [-0.15, -0.1) is 0 Å². The Bertz CT molecular complexity index is 377. The highest BCUT2D eigenvalue weighted by Gasteiger charge is 2.24. The standard InChI is InChI=1S/C15H23NO3/c1-3-16-14(15-11-18-7-8-19-15)10-12-5-4-6-13(9-12)17-2/h4-6,9,14-16H,3,7-8,10-11H2,1-2H3. The number of likely N-dealkylation sites (N-methyl/N-ethyl adjacent to an activating group) is 1. The van der Waals surface area contributed by atoms with Crippen LogP contribution in [-0.2, 0) is 15.9 Å². The van der Waals surface area contributed by atoms with E-state index in [0.717, 1.165) is 18.7 Å². The highest BCUT2D eigenvalue weighted by molar-refractivity contribution is 5.29. The Morgan fingerprint density at radius 1 is 1.42 bits per heavy atom. The molecular formula is C15H23NO3. The topological polar surface area (TPSA) is 39.7 Å². The van der Waals surface area contributed by atoms with Gasteiger partial charge in [0.1, 0.15) is 5.75 Å². The molecular weight excluding hydrogens is 242 g/mol. The van der Waals surface area contributed by atoms with Gasteiger partial charge in [-0.3, -0.25) is 0 Å². The number of benzene rings is 1. The number of hydrogen-bond donors (Lipinski definition) is 1. The number of rotatable bonds is 6. The van der Waals surface area contributed by atoms with E-state index < -0.39 is 0 Å². The lowest BCUT2D eigenvalue weighted by atomic mass is 10.0. The van der Waals surface area contributed by atoms with Crippen LogP contribution in [-0.4, -0.2) is 45.6 Å². The van der Waals surface area contributed by atoms with Gasteiger partial charge >= 0.3 is 0 Å². The zero-order chi connectivity index (χ0) is 13.5. The Morgan fingerprint density at radius 3 is 3.00 bits per heavy atom. The van der Waals surface area contributed by atoms with Gasteiger partial charge in [-0.1, -0.05) is 19.1 Å². The Hall–Kier alpha value is -1.10. The molecule has 106 valence electrons. The minimum atomic E-state index is 0.125. The van der Waals surface area contributed by atoms with Crippen LogP contribution in [0.4, 0.5) is 0 Å². The molecule has 1 heterocycles. The van der Waals surface area contributed by atoms with Gasteiger partial charge in [0, 0.05) is 6.04 Å². The van der Waals surface area contributed by atoms with Gasteiger partial charge in [0.25, 0.3) is 0 Å². The summed E-state index contributed by atoms with van der Waals surface area (Å²) in [6.45, 7) is 5.09. The second-order valence-electron chi connectivity index (χ2n) is 4.70. The van der Waals surface area contributed by atoms with Crippen molar-refractivity contribution in [1.82, 2.24) is 5.32 Å². The molecule has 0 saturated carbocycles. The average Bonchev–Trinajstić information content (AvgIpc) is 2.48. The highest BCUT2D eigenvalue weighted by atomic mass is 16.6. The van der Waals surface area contributed by atoms with E-state index in [1.54, 1.807) is 7.11 Å². The first kappa shape index (κ1) is 14.3. The minimum absolute atomic E-state index is 0.125. The van der Waals surface area contributed by atoms with Crippen molar-refractivity contribution in [2.45, 2.75) is 25.5 Å². The molecule has 0 bridgehead atoms. The maximum atomic E-state index is 5.80. The van der Waals surface area contributed by atoms with Crippen LogP contribution in [0.15, 0.2) is 24.3 Å². The van der Waals surface area contributed by atoms with E-state index >= 15 is 0 Å². The molecule has 2 rings (SSSR count). The normalized spacial score (nSPS) is 21.1. The van der Waals surface area contributed by atoms with Gasteiger partial charge < -0.3 is 19.5 Å². The molecule has 4 nitrogen and oxygen atoms in total. The average molecular weight is 265 g/mol. The molecule has 4 heteroatoms. The number of methoxy groups -OCH3 is 1. The molecule has 0 aliphatic carbocycles. The summed E-state index contributed by atoms with van der Waals surface area (Å²) >= 11 is 0. The molecule has 2 atom stereocenters. The van der Waals surface area contributed by atoms with Gasteiger partial charge in [0.15, 0.2) is 0 Å². The molecule has 2 unspecified atom stereocenters. The van der Waals surface area contributed by atoms with Crippen molar-refractivity contribution < 1.29 is 14.2 Å². The molecule has 1 N–H and O–H groups in total. The van der Waals surface area contributed by atoms with Crippen LogP contribution in [0.3, 0.4) is 0 Å². The second-order valence-corrected chi connectivity index (χ2v) is 4.70. The fraction of sp³-hybridized carbons (Fsp3) is 0.600. The van der Waals surface area contributed by atoms with Crippen molar-refractivity contribution in [2.24, 2.45) is 0 Å². The van der Waals surface area contributed by atoms with Crippen molar-refractivity contribution >= 4 is 0 Å². The maximum Gasteiger partial charge on any atom is 0.119 e. The summed E-state index contributed by atoms with van der Waals surface area (Å²) in [4.78, 5) is 0. The Labute approximate surface area is 115 Å². The third kappa shape index (κ3) is 4.20. The zero-order valence-corrected chi connectivity index (χ0v) is 11.7. The molecule has 0 amide bonds. The van der Waals surface area contributed by atoms with E-state index in [1.807, 2.05) is 12.1 Å². The number of hydrogen-bond acceptors (Lipinski definition) is 4. The van der Waals surface area contributed by atoms with Crippen molar-refractivity contribution in [3.63, 3.8) is 0 Å². The van der Waals surface area contributed by atoms with Crippen LogP contribution >= 0.6 is 0 Å². The molecule has 1 aliphatic heterocycles. The van der Waals surface area contributed by atoms with Crippen LogP contribution in [0.1, 0.15) is 12.5 Å². The van der Waals surface area contributed by atoms with E-state index in [1.165, 1.54) is 5.56 Å². The quantitative estimate of drug-likeness (QED) is 0.848. The van der Waals surface area contributed by atoms with Crippen LogP contribution in [0.2, 0.25) is 0 Å². The number of ether oxygens (including phenoxy) is 3. The van der Waals surface area contributed by atoms with Crippen molar-refractivity contribution in [1.29, 1.82) is 0 Å². The molecule has 1 aromatic carbocycles.